The number of ether oxygens (including phenoxy) is 1. The van der Waals surface area contributed by atoms with Gasteiger partial charge >= 0.3 is 0 Å². The van der Waals surface area contributed by atoms with Gasteiger partial charge in [0.2, 0.25) is 0 Å². The number of morpholine rings is 1. The molecule has 4 heteroatoms. The molecule has 1 N–H and O–H groups in total. The van der Waals surface area contributed by atoms with Gasteiger partial charge in [-0.15, -0.1) is 0 Å². The lowest BCUT2D eigenvalue weighted by Gasteiger charge is -2.25. The van der Waals surface area contributed by atoms with Gasteiger partial charge in [0.15, 0.2) is 0 Å². The van der Waals surface area contributed by atoms with Crippen LogP contribution in [0.3, 0.4) is 0 Å². The number of hydrogen-bond acceptors (Lipinski definition) is 2. The van der Waals surface area contributed by atoms with Crippen molar-refractivity contribution in [3.8, 4) is 0 Å². The fourth-order valence-electron chi connectivity index (χ4n) is 1.55. The summed E-state index contributed by atoms with van der Waals surface area (Å²) in [7, 11) is 0. The summed E-state index contributed by atoms with van der Waals surface area (Å²) in [6, 6.07) is 5.07. The van der Waals surface area contributed by atoms with Crippen LogP contribution in [-0.4, -0.2) is 19.8 Å². The van der Waals surface area contributed by atoms with Crippen LogP contribution >= 0.6 is 22.6 Å². The summed E-state index contributed by atoms with van der Waals surface area (Å²) < 4.78 is 19.2. The molecule has 1 saturated heterocycles. The van der Waals surface area contributed by atoms with Crippen LogP contribution in [0.25, 0.3) is 0 Å². The Morgan fingerprint density at radius 2 is 2.36 bits per heavy atom. The summed E-state index contributed by atoms with van der Waals surface area (Å²) in [6.07, 6.45) is 0. The van der Waals surface area contributed by atoms with Crippen molar-refractivity contribution in [3.63, 3.8) is 0 Å². The first-order valence-corrected chi connectivity index (χ1v) is 5.61. The van der Waals surface area contributed by atoms with E-state index in [2.05, 4.69) is 27.9 Å². The Bertz CT molecular complexity index is 326. The van der Waals surface area contributed by atoms with Gasteiger partial charge in [-0.05, 0) is 40.3 Å². The van der Waals surface area contributed by atoms with Crippen LogP contribution in [0.15, 0.2) is 18.2 Å². The predicted molar refractivity (Wildman–Crippen MR) is 60.7 cm³/mol. The van der Waals surface area contributed by atoms with Crippen LogP contribution in [-0.2, 0) is 4.74 Å². The van der Waals surface area contributed by atoms with Crippen molar-refractivity contribution >= 4 is 22.6 Å². The average Bonchev–Trinajstić information content (AvgIpc) is 2.19. The third-order valence-electron chi connectivity index (χ3n) is 2.26. The third-order valence-corrected chi connectivity index (χ3v) is 3.19. The Morgan fingerprint density at radius 1 is 1.50 bits per heavy atom. The first-order chi connectivity index (χ1) is 6.77. The van der Waals surface area contributed by atoms with Crippen molar-refractivity contribution < 1.29 is 9.13 Å². The molecule has 1 aromatic rings. The molecule has 1 fully saturated rings. The highest BCUT2D eigenvalue weighted by atomic mass is 127. The molecule has 14 heavy (non-hydrogen) atoms. The van der Waals surface area contributed by atoms with Gasteiger partial charge in [-0.3, -0.25) is 0 Å². The zero-order valence-corrected chi connectivity index (χ0v) is 9.75. The van der Waals surface area contributed by atoms with E-state index in [9.17, 15) is 4.39 Å². The molecule has 2 rings (SSSR count). The quantitative estimate of drug-likeness (QED) is 0.802. The van der Waals surface area contributed by atoms with Crippen molar-refractivity contribution in [1.82, 2.24) is 5.32 Å². The van der Waals surface area contributed by atoms with Crippen molar-refractivity contribution in [2.45, 2.75) is 6.04 Å². The van der Waals surface area contributed by atoms with Crippen molar-refractivity contribution in [3.05, 3.63) is 33.1 Å². The molecule has 1 aliphatic rings. The topological polar surface area (TPSA) is 21.3 Å². The SMILES string of the molecule is Fc1ccc(C2COCCN2)c(I)c1. The molecule has 0 aliphatic carbocycles. The fraction of sp³-hybridized carbons (Fsp3) is 0.400. The molecule has 0 amide bonds. The maximum atomic E-state index is 12.9. The number of halogens is 2. The van der Waals surface area contributed by atoms with Crippen LogP contribution in [0.4, 0.5) is 4.39 Å². The Labute approximate surface area is 96.0 Å². The Balaban J connectivity index is 2.22. The van der Waals surface area contributed by atoms with Crippen molar-refractivity contribution in [2.75, 3.05) is 19.8 Å². The Hall–Kier alpha value is -0.200. The third kappa shape index (κ3) is 2.24. The highest BCUT2D eigenvalue weighted by molar-refractivity contribution is 14.1. The maximum Gasteiger partial charge on any atom is 0.124 e. The van der Waals surface area contributed by atoms with Gasteiger partial charge in [0, 0.05) is 10.1 Å². The van der Waals surface area contributed by atoms with Crippen LogP contribution in [0.5, 0.6) is 0 Å². The zero-order valence-electron chi connectivity index (χ0n) is 7.59. The molecule has 2 nitrogen and oxygen atoms in total. The highest BCUT2D eigenvalue weighted by Crippen LogP contribution is 2.22. The van der Waals surface area contributed by atoms with E-state index in [0.29, 0.717) is 6.61 Å². The second-order valence-corrected chi connectivity index (χ2v) is 4.41. The highest BCUT2D eigenvalue weighted by Gasteiger charge is 2.17. The lowest BCUT2D eigenvalue weighted by molar-refractivity contribution is 0.0766. The molecule has 1 aliphatic heterocycles. The summed E-state index contributed by atoms with van der Waals surface area (Å²) in [5.41, 5.74) is 1.12. The van der Waals surface area contributed by atoms with Gasteiger partial charge in [-0.2, -0.15) is 0 Å². The molecule has 1 heterocycles. The number of hydrogen-bond donors (Lipinski definition) is 1. The van der Waals surface area contributed by atoms with E-state index in [-0.39, 0.29) is 11.9 Å². The molecule has 0 aromatic heterocycles. The summed E-state index contributed by atoms with van der Waals surface area (Å²) in [4.78, 5) is 0. The Kier molecular flexibility index (Phi) is 3.35. The second kappa shape index (κ2) is 4.55. The van der Waals surface area contributed by atoms with E-state index in [1.54, 1.807) is 6.07 Å². The van der Waals surface area contributed by atoms with Crippen LogP contribution in [0.1, 0.15) is 11.6 Å². The first kappa shape index (κ1) is 10.3. The molecule has 1 atom stereocenters. The molecule has 76 valence electrons. The standard InChI is InChI=1S/C10H11FINO/c11-7-1-2-8(9(12)5-7)10-6-14-4-3-13-10/h1-2,5,10,13H,3-4,6H2. The normalized spacial score (nSPS) is 22.3. The van der Waals surface area contributed by atoms with E-state index in [4.69, 9.17) is 4.74 Å². The van der Waals surface area contributed by atoms with E-state index in [1.807, 2.05) is 6.07 Å². The summed E-state index contributed by atoms with van der Waals surface area (Å²) >= 11 is 2.15. The lowest BCUT2D eigenvalue weighted by atomic mass is 10.1. The first-order valence-electron chi connectivity index (χ1n) is 4.53. The smallest absolute Gasteiger partial charge is 0.124 e. The molecule has 0 radical (unpaired) electrons. The summed E-state index contributed by atoms with van der Waals surface area (Å²) in [5.74, 6) is -0.185. The zero-order chi connectivity index (χ0) is 9.97. The molecule has 0 spiro atoms. The van der Waals surface area contributed by atoms with E-state index >= 15 is 0 Å². The lowest BCUT2D eigenvalue weighted by Crippen LogP contribution is -2.35. The molecular formula is C10H11FINO. The monoisotopic (exact) mass is 307 g/mol. The summed E-state index contributed by atoms with van der Waals surface area (Å²) in [5, 5.41) is 3.34. The van der Waals surface area contributed by atoms with E-state index in [1.165, 1.54) is 6.07 Å². The van der Waals surface area contributed by atoms with Crippen LogP contribution in [0, 0.1) is 9.39 Å². The Morgan fingerprint density at radius 3 is 3.00 bits per heavy atom. The second-order valence-electron chi connectivity index (χ2n) is 3.25. The van der Waals surface area contributed by atoms with Gasteiger partial charge in [-0.1, -0.05) is 6.07 Å². The van der Waals surface area contributed by atoms with Crippen molar-refractivity contribution in [2.24, 2.45) is 0 Å². The van der Waals surface area contributed by atoms with Gasteiger partial charge in [0.25, 0.3) is 0 Å². The van der Waals surface area contributed by atoms with Gasteiger partial charge in [-0.25, -0.2) is 4.39 Å². The molecular weight excluding hydrogens is 296 g/mol. The van der Waals surface area contributed by atoms with Crippen LogP contribution in [0.2, 0.25) is 0 Å². The number of benzene rings is 1. The van der Waals surface area contributed by atoms with Crippen LogP contribution < -0.4 is 5.32 Å². The minimum absolute atomic E-state index is 0.185. The van der Waals surface area contributed by atoms with Gasteiger partial charge in [0.05, 0.1) is 19.3 Å². The van der Waals surface area contributed by atoms with E-state index < -0.39 is 0 Å². The van der Waals surface area contributed by atoms with Crippen molar-refractivity contribution in [1.29, 1.82) is 0 Å². The van der Waals surface area contributed by atoms with Gasteiger partial charge in [0.1, 0.15) is 5.82 Å². The predicted octanol–water partition coefficient (Wildman–Crippen LogP) is 2.09. The number of rotatable bonds is 1. The minimum Gasteiger partial charge on any atom is -0.378 e. The maximum absolute atomic E-state index is 12.9. The van der Waals surface area contributed by atoms with E-state index in [0.717, 1.165) is 22.3 Å². The molecule has 0 saturated carbocycles. The average molecular weight is 307 g/mol. The molecule has 1 unspecified atom stereocenters. The molecule has 0 bridgehead atoms. The fourth-order valence-corrected chi connectivity index (χ4v) is 2.40. The summed E-state index contributed by atoms with van der Waals surface area (Å²) in [6.45, 7) is 2.29. The van der Waals surface area contributed by atoms with Gasteiger partial charge < -0.3 is 10.1 Å². The largest absolute Gasteiger partial charge is 0.378 e. The number of nitrogens with one attached hydrogen (secondary N) is 1. The minimum atomic E-state index is -0.185. The molecule has 1 aromatic carbocycles.